The fraction of sp³-hybridized carbons (Fsp3) is 0.250. The van der Waals surface area contributed by atoms with Crippen LogP contribution in [0, 0.1) is 10.8 Å². The fourth-order valence-corrected chi connectivity index (χ4v) is 7.41. The van der Waals surface area contributed by atoms with Crippen LogP contribution >= 0.6 is 23.2 Å². The van der Waals surface area contributed by atoms with Crippen LogP contribution in [-0.2, 0) is 9.59 Å². The standard InChI is InChI=1S/C24H23ClN2O3.C13H17ClN2O.C11H8O3/c1-24(23(29)26-20-10-8-19(25)9-11-20)12-4-13-27(16-24)22(28)18-6-2-5-17(15-18)21-7-3-14-30-21;1-13(7-2-8-15-9-13)12(17)16-11-5-3-10(14)4-6-11;12-11(13)9-4-1-3-8(7-9)10-5-2-6-14-10/h2-3,5-11,14-15H,4,12-13,16H2,1H3,(H,26,29);3-6,15H,2,7-9H2,1H3,(H,16,17);1-7H,(H,12,13). The van der Waals surface area contributed by atoms with Crippen molar-refractivity contribution in [1.82, 2.24) is 10.2 Å². The maximum absolute atomic E-state index is 13.2. The number of hydrogen-bond donors (Lipinski definition) is 4. The summed E-state index contributed by atoms with van der Waals surface area (Å²) in [7, 11) is 0. The zero-order chi connectivity index (χ0) is 43.4. The zero-order valence-corrected chi connectivity index (χ0v) is 35.5. The number of carbonyl (C=O) groups excluding carboxylic acids is 3. The van der Waals surface area contributed by atoms with Crippen molar-refractivity contribution in [2.24, 2.45) is 10.8 Å². The number of aromatic carboxylic acids is 1. The number of nitrogens with one attached hydrogen (secondary N) is 3. The molecule has 316 valence electrons. The lowest BCUT2D eigenvalue weighted by atomic mass is 9.80. The van der Waals surface area contributed by atoms with Crippen LogP contribution in [0.25, 0.3) is 22.6 Å². The summed E-state index contributed by atoms with van der Waals surface area (Å²) in [5.41, 5.74) is 3.00. The van der Waals surface area contributed by atoms with Crippen molar-refractivity contribution in [2.75, 3.05) is 36.8 Å². The van der Waals surface area contributed by atoms with Crippen LogP contribution in [0.15, 0.2) is 143 Å². The quantitative estimate of drug-likeness (QED) is 0.118. The molecule has 2 saturated heterocycles. The molecule has 8 rings (SSSR count). The number of carbonyl (C=O) groups is 4. The van der Waals surface area contributed by atoms with Gasteiger partial charge in [-0.15, -0.1) is 0 Å². The van der Waals surface area contributed by atoms with Gasteiger partial charge in [-0.3, -0.25) is 14.4 Å². The summed E-state index contributed by atoms with van der Waals surface area (Å²) in [6, 6.07) is 35.5. The van der Waals surface area contributed by atoms with Gasteiger partial charge in [0.15, 0.2) is 0 Å². The van der Waals surface area contributed by atoms with Crippen LogP contribution in [-0.4, -0.2) is 59.9 Å². The summed E-state index contributed by atoms with van der Waals surface area (Å²) in [4.78, 5) is 50.8. The predicted molar refractivity (Wildman–Crippen MR) is 239 cm³/mol. The second-order valence-corrected chi connectivity index (χ2v) is 16.4. The predicted octanol–water partition coefficient (Wildman–Crippen LogP) is 10.8. The summed E-state index contributed by atoms with van der Waals surface area (Å²) in [6.07, 6.45) is 6.64. The van der Waals surface area contributed by atoms with Crippen molar-refractivity contribution in [3.63, 3.8) is 0 Å². The Morgan fingerprint density at radius 1 is 0.656 bits per heavy atom. The molecule has 0 aliphatic carbocycles. The van der Waals surface area contributed by atoms with Crippen LogP contribution in [0.2, 0.25) is 10.0 Å². The van der Waals surface area contributed by atoms with E-state index in [0.717, 1.165) is 61.3 Å². The fourth-order valence-electron chi connectivity index (χ4n) is 7.16. The topological polar surface area (TPSA) is 154 Å². The van der Waals surface area contributed by atoms with Gasteiger partial charge in [0, 0.05) is 57.7 Å². The molecule has 2 unspecified atom stereocenters. The minimum absolute atomic E-state index is 0.0753. The molecule has 11 nitrogen and oxygen atoms in total. The lowest BCUT2D eigenvalue weighted by Crippen LogP contribution is -2.50. The first-order valence-electron chi connectivity index (χ1n) is 20.0. The second kappa shape index (κ2) is 20.4. The average molecular weight is 864 g/mol. The number of carboxylic acid groups (broad SMARTS) is 1. The monoisotopic (exact) mass is 862 g/mol. The molecule has 6 aromatic rings. The summed E-state index contributed by atoms with van der Waals surface area (Å²) in [5.74, 6) is 0.370. The third-order valence-electron chi connectivity index (χ3n) is 10.7. The maximum Gasteiger partial charge on any atom is 0.335 e. The Labute approximate surface area is 365 Å². The van der Waals surface area contributed by atoms with Crippen molar-refractivity contribution in [2.45, 2.75) is 39.5 Å². The molecule has 2 atom stereocenters. The smallest absolute Gasteiger partial charge is 0.335 e. The van der Waals surface area contributed by atoms with Crippen molar-refractivity contribution in [3.8, 4) is 22.6 Å². The van der Waals surface area contributed by atoms with Gasteiger partial charge in [0.2, 0.25) is 11.8 Å². The number of hydrogen-bond acceptors (Lipinski definition) is 7. The van der Waals surface area contributed by atoms with Crippen LogP contribution in [0.3, 0.4) is 0 Å². The van der Waals surface area contributed by atoms with Gasteiger partial charge in [-0.25, -0.2) is 4.79 Å². The number of likely N-dealkylation sites (tertiary alicyclic amines) is 1. The summed E-state index contributed by atoms with van der Waals surface area (Å²) >= 11 is 11.7. The third-order valence-corrected chi connectivity index (χ3v) is 11.2. The van der Waals surface area contributed by atoms with Crippen molar-refractivity contribution < 1.29 is 33.1 Å². The van der Waals surface area contributed by atoms with Gasteiger partial charge < -0.3 is 34.8 Å². The van der Waals surface area contributed by atoms with Gasteiger partial charge in [-0.2, -0.15) is 0 Å². The highest BCUT2D eigenvalue weighted by molar-refractivity contribution is 6.31. The van der Waals surface area contributed by atoms with Gasteiger partial charge in [-0.1, -0.05) is 47.5 Å². The minimum atomic E-state index is -0.932. The largest absolute Gasteiger partial charge is 0.478 e. The van der Waals surface area contributed by atoms with E-state index in [-0.39, 0.29) is 28.7 Å². The van der Waals surface area contributed by atoms with Gasteiger partial charge in [-0.05, 0) is 143 Å². The number of amides is 3. The Morgan fingerprint density at radius 3 is 1.66 bits per heavy atom. The van der Waals surface area contributed by atoms with Crippen LogP contribution in [0.5, 0.6) is 0 Å². The van der Waals surface area contributed by atoms with Crippen molar-refractivity contribution in [3.05, 3.63) is 155 Å². The molecular formula is C48H48Cl2N4O7. The first-order chi connectivity index (χ1) is 29.3. The Kier molecular flexibility index (Phi) is 14.9. The lowest BCUT2D eigenvalue weighted by molar-refractivity contribution is -0.127. The number of carboxylic acids is 1. The molecule has 4 N–H and O–H groups in total. The van der Waals surface area contributed by atoms with E-state index in [4.69, 9.17) is 37.1 Å². The van der Waals surface area contributed by atoms with E-state index in [1.54, 1.807) is 90.2 Å². The van der Waals surface area contributed by atoms with E-state index < -0.39 is 11.4 Å². The Morgan fingerprint density at radius 2 is 1.16 bits per heavy atom. The van der Waals surface area contributed by atoms with Gasteiger partial charge >= 0.3 is 5.97 Å². The summed E-state index contributed by atoms with van der Waals surface area (Å²) < 4.78 is 10.6. The van der Waals surface area contributed by atoms with E-state index in [9.17, 15) is 19.2 Å². The van der Waals surface area contributed by atoms with Crippen LogP contribution in [0.4, 0.5) is 11.4 Å². The van der Waals surface area contributed by atoms with E-state index in [1.807, 2.05) is 62.4 Å². The molecule has 2 aromatic heterocycles. The number of furan rings is 2. The Bertz CT molecular complexity index is 2400. The highest BCUT2D eigenvalue weighted by Crippen LogP contribution is 2.33. The number of piperidine rings is 2. The number of halogens is 2. The molecule has 13 heteroatoms. The zero-order valence-electron chi connectivity index (χ0n) is 34.0. The molecule has 2 fully saturated rings. The van der Waals surface area contributed by atoms with E-state index >= 15 is 0 Å². The van der Waals surface area contributed by atoms with E-state index in [1.165, 1.54) is 0 Å². The van der Waals surface area contributed by atoms with Crippen molar-refractivity contribution in [1.29, 1.82) is 0 Å². The molecule has 2 aliphatic rings. The van der Waals surface area contributed by atoms with Crippen LogP contribution < -0.4 is 16.0 Å². The number of anilines is 2. The highest BCUT2D eigenvalue weighted by Gasteiger charge is 2.40. The SMILES string of the molecule is CC1(C(=O)Nc2ccc(Cl)cc2)CCCN(C(=O)c2cccc(-c3ccco3)c2)C1.CC1(C(=O)Nc2ccc(Cl)cc2)CCCNC1.O=C(O)c1cccc(-c2ccco2)c1. The number of rotatable bonds is 8. The summed E-state index contributed by atoms with van der Waals surface area (Å²) in [6.45, 7) is 6.67. The van der Waals surface area contributed by atoms with Crippen LogP contribution in [0.1, 0.15) is 60.2 Å². The third kappa shape index (κ3) is 12.0. The molecular weight excluding hydrogens is 815 g/mol. The second-order valence-electron chi connectivity index (χ2n) is 15.6. The first kappa shape index (κ1) is 44.4. The number of nitrogens with zero attached hydrogens (tertiary/aromatic N) is 1. The highest BCUT2D eigenvalue weighted by atomic mass is 35.5. The molecule has 0 saturated carbocycles. The lowest BCUT2D eigenvalue weighted by Gasteiger charge is -2.39. The van der Waals surface area contributed by atoms with E-state index in [0.29, 0.717) is 40.1 Å². The molecule has 4 heterocycles. The van der Waals surface area contributed by atoms with Gasteiger partial charge in [0.05, 0.1) is 28.9 Å². The molecule has 61 heavy (non-hydrogen) atoms. The van der Waals surface area contributed by atoms with Gasteiger partial charge in [0.1, 0.15) is 11.5 Å². The summed E-state index contributed by atoms with van der Waals surface area (Å²) in [5, 5.41) is 19.2. The maximum atomic E-state index is 13.2. The molecule has 4 aromatic carbocycles. The Balaban J connectivity index is 0.000000169. The van der Waals surface area contributed by atoms with Gasteiger partial charge in [0.25, 0.3) is 5.91 Å². The number of benzene rings is 4. The first-order valence-corrected chi connectivity index (χ1v) is 20.7. The normalized spacial score (nSPS) is 18.3. The molecule has 3 amide bonds. The molecule has 0 bridgehead atoms. The molecule has 0 radical (unpaired) electrons. The molecule has 0 spiro atoms. The molecule has 2 aliphatic heterocycles. The minimum Gasteiger partial charge on any atom is -0.478 e. The van der Waals surface area contributed by atoms with E-state index in [2.05, 4.69) is 16.0 Å². The van der Waals surface area contributed by atoms with Crippen molar-refractivity contribution >= 4 is 58.3 Å². The average Bonchev–Trinajstić information content (AvgIpc) is 4.03. The Hall–Kier alpha value is -6.14.